The summed E-state index contributed by atoms with van der Waals surface area (Å²) in [6.07, 6.45) is -6.43. The molecule has 1 heterocycles. The number of hydrazone groups is 1. The van der Waals surface area contributed by atoms with Gasteiger partial charge in [-0.2, -0.15) is 35.8 Å². The van der Waals surface area contributed by atoms with Gasteiger partial charge in [-0.05, 0) is 12.1 Å². The van der Waals surface area contributed by atoms with Crippen LogP contribution in [0.25, 0.3) is 0 Å². The molecule has 0 fully saturated rings. The summed E-state index contributed by atoms with van der Waals surface area (Å²) in [5.74, 6) is -12.6. The first-order chi connectivity index (χ1) is 13.2. The van der Waals surface area contributed by atoms with Gasteiger partial charge >= 0.3 is 18.0 Å². The van der Waals surface area contributed by atoms with Crippen LogP contribution in [0.5, 0.6) is 5.75 Å². The van der Waals surface area contributed by atoms with Crippen LogP contribution in [0.3, 0.4) is 0 Å². The highest BCUT2D eigenvalue weighted by Gasteiger charge is 2.72. The molecule has 1 aliphatic rings. The summed E-state index contributed by atoms with van der Waals surface area (Å²) in [4.78, 5) is 0. The minimum absolute atomic E-state index is 0.00192. The number of nitrogens with zero attached hydrogens (tertiary/aromatic N) is 2. The molecule has 1 aliphatic heterocycles. The number of alkyl halides is 7. The number of methoxy groups -OCH3 is 1. The van der Waals surface area contributed by atoms with E-state index in [0.717, 1.165) is 5.01 Å². The lowest BCUT2D eigenvalue weighted by Crippen LogP contribution is -2.57. The lowest BCUT2D eigenvalue weighted by molar-refractivity contribution is -0.352. The summed E-state index contributed by atoms with van der Waals surface area (Å²) >= 11 is 6.04. The van der Waals surface area contributed by atoms with Gasteiger partial charge in [-0.15, -0.1) is 0 Å². The molecule has 2 N–H and O–H groups in total. The van der Waals surface area contributed by atoms with E-state index in [1.807, 2.05) is 0 Å². The Morgan fingerprint density at radius 1 is 1.28 bits per heavy atom. The number of rotatable bonds is 5. The van der Waals surface area contributed by atoms with Crippen LogP contribution in [0.1, 0.15) is 12.5 Å². The number of guanidine groups is 1. The number of hydrogen-bond acceptors (Lipinski definition) is 3. The summed E-state index contributed by atoms with van der Waals surface area (Å²) in [6.45, 7) is -0.411. The molecule has 0 saturated carbocycles. The number of benzene rings is 1. The average molecular weight is 449 g/mol. The molecule has 162 valence electrons. The molecule has 1 unspecified atom stereocenters. The Morgan fingerprint density at radius 3 is 2.45 bits per heavy atom. The zero-order chi connectivity index (χ0) is 22.2. The minimum atomic E-state index is -6.43. The Bertz CT molecular complexity index is 813. The quantitative estimate of drug-likeness (QED) is 0.400. The maximum Gasteiger partial charge on any atom is 0.459 e. The molecule has 0 spiro atoms. The summed E-state index contributed by atoms with van der Waals surface area (Å²) in [5.41, 5.74) is 0.847. The van der Waals surface area contributed by atoms with Crippen LogP contribution in [-0.4, -0.2) is 54.9 Å². The molecule has 1 aromatic carbocycles. The van der Waals surface area contributed by atoms with Gasteiger partial charge in [0.05, 0.1) is 30.9 Å². The fourth-order valence-corrected chi connectivity index (χ4v) is 2.85. The maximum atomic E-state index is 13.4. The summed E-state index contributed by atoms with van der Waals surface area (Å²) in [6, 6.07) is 4.80. The van der Waals surface area contributed by atoms with E-state index >= 15 is 0 Å². The van der Waals surface area contributed by atoms with E-state index in [4.69, 9.17) is 21.7 Å². The van der Waals surface area contributed by atoms with Crippen molar-refractivity contribution in [1.29, 1.82) is 5.41 Å². The topological polar surface area (TPSA) is 60.7 Å². The van der Waals surface area contributed by atoms with E-state index in [1.54, 1.807) is 30.4 Å². The molecule has 1 atom stereocenters. The van der Waals surface area contributed by atoms with E-state index < -0.39 is 30.5 Å². The van der Waals surface area contributed by atoms with Crippen LogP contribution in [0, 0.1) is 11.3 Å². The summed E-state index contributed by atoms with van der Waals surface area (Å²) in [7, 11) is 1.37. The maximum absolute atomic E-state index is 13.4. The molecule has 0 saturated heterocycles. The van der Waals surface area contributed by atoms with E-state index in [9.17, 15) is 30.7 Å². The highest BCUT2D eigenvalue weighted by Crippen LogP contribution is 2.46. The zero-order valence-electron chi connectivity index (χ0n) is 15.1. The van der Waals surface area contributed by atoms with Gasteiger partial charge in [-0.25, -0.2) is 5.01 Å². The fraction of sp³-hybridized carbons (Fsp3) is 0.500. The minimum Gasteiger partial charge on any atom is -0.494 e. The number of halogens is 8. The largest absolute Gasteiger partial charge is 0.494 e. The molecule has 29 heavy (non-hydrogen) atoms. The predicted octanol–water partition coefficient (Wildman–Crippen LogP) is 4.36. The molecular weight excluding hydrogens is 433 g/mol. The summed E-state index contributed by atoms with van der Waals surface area (Å²) in [5, 5.41) is 14.5. The highest BCUT2D eigenvalue weighted by molar-refractivity contribution is 6.32. The van der Waals surface area contributed by atoms with Gasteiger partial charge in [0.25, 0.3) is 0 Å². The number of ether oxygens (including phenoxy) is 1. The standard InChI is InChI=1S/C16H16ClF7N4O/c1-8-6-28(27-11(8)9-4-3-5-10(17)12(9)29-2)13(25)26-7-14(18,19)15(20,21)16(22,23)24/h3-5,8H,6-7H2,1-2H3,(H2,25,26). The number of hydrogen-bond donors (Lipinski definition) is 2. The molecule has 0 bridgehead atoms. The Morgan fingerprint density at radius 2 is 1.90 bits per heavy atom. The fourth-order valence-electron chi connectivity index (χ4n) is 2.60. The van der Waals surface area contributed by atoms with Gasteiger partial charge in [0, 0.05) is 11.5 Å². The second kappa shape index (κ2) is 7.88. The van der Waals surface area contributed by atoms with Crippen molar-refractivity contribution in [2.45, 2.75) is 24.9 Å². The van der Waals surface area contributed by atoms with Crippen LogP contribution < -0.4 is 10.1 Å². The van der Waals surface area contributed by atoms with Gasteiger partial charge in [0.1, 0.15) is 5.75 Å². The average Bonchev–Trinajstić information content (AvgIpc) is 3.00. The van der Waals surface area contributed by atoms with Gasteiger partial charge in [-0.1, -0.05) is 24.6 Å². The molecule has 0 amide bonds. The van der Waals surface area contributed by atoms with Crippen molar-refractivity contribution < 1.29 is 35.5 Å². The Balaban J connectivity index is 2.17. The first kappa shape index (κ1) is 23.0. The monoisotopic (exact) mass is 448 g/mol. The van der Waals surface area contributed by atoms with Gasteiger partial charge in [0.2, 0.25) is 5.96 Å². The van der Waals surface area contributed by atoms with Crippen LogP contribution in [0.2, 0.25) is 5.02 Å². The molecule has 5 nitrogen and oxygen atoms in total. The number of para-hydroxylation sites is 1. The predicted molar refractivity (Wildman–Crippen MR) is 92.1 cm³/mol. The third kappa shape index (κ3) is 4.36. The molecule has 0 aromatic heterocycles. The molecule has 1 aromatic rings. The molecule has 0 aliphatic carbocycles. The van der Waals surface area contributed by atoms with Crippen molar-refractivity contribution in [2.75, 3.05) is 20.2 Å². The van der Waals surface area contributed by atoms with E-state index in [-0.39, 0.29) is 23.2 Å². The SMILES string of the molecule is COc1c(Cl)cccc1C1=NN(C(=N)NCC(F)(F)C(F)(F)C(F)(F)F)CC1C. The van der Waals surface area contributed by atoms with Crippen molar-refractivity contribution in [3.05, 3.63) is 28.8 Å². The highest BCUT2D eigenvalue weighted by atomic mass is 35.5. The number of nitrogens with one attached hydrogen (secondary N) is 2. The van der Waals surface area contributed by atoms with Crippen molar-refractivity contribution in [1.82, 2.24) is 10.3 Å². The zero-order valence-corrected chi connectivity index (χ0v) is 15.8. The molecule has 2 rings (SSSR count). The van der Waals surface area contributed by atoms with Crippen LogP contribution in [0.4, 0.5) is 30.7 Å². The molecule has 13 heteroatoms. The second-order valence-electron chi connectivity index (χ2n) is 6.27. The van der Waals surface area contributed by atoms with Crippen molar-refractivity contribution in [3.8, 4) is 5.75 Å². The van der Waals surface area contributed by atoms with Gasteiger partial charge < -0.3 is 10.1 Å². The third-order valence-corrected chi connectivity index (χ3v) is 4.44. The van der Waals surface area contributed by atoms with Gasteiger partial charge in [0.15, 0.2) is 0 Å². The lowest BCUT2D eigenvalue weighted by Gasteiger charge is -2.29. The normalized spacial score (nSPS) is 17.9. The van der Waals surface area contributed by atoms with Crippen LogP contribution in [-0.2, 0) is 0 Å². The van der Waals surface area contributed by atoms with E-state index in [1.165, 1.54) is 7.11 Å². The first-order valence-corrected chi connectivity index (χ1v) is 8.44. The summed E-state index contributed by atoms with van der Waals surface area (Å²) < 4.78 is 94.4. The lowest BCUT2D eigenvalue weighted by atomic mass is 9.98. The van der Waals surface area contributed by atoms with Crippen molar-refractivity contribution in [2.24, 2.45) is 11.0 Å². The second-order valence-corrected chi connectivity index (χ2v) is 6.68. The first-order valence-electron chi connectivity index (χ1n) is 8.06. The Kier molecular flexibility index (Phi) is 6.26. The van der Waals surface area contributed by atoms with Crippen molar-refractivity contribution >= 4 is 23.3 Å². The van der Waals surface area contributed by atoms with Gasteiger partial charge in [-0.3, -0.25) is 5.41 Å². The third-order valence-electron chi connectivity index (χ3n) is 4.14. The Labute approximate surface area is 166 Å². The smallest absolute Gasteiger partial charge is 0.459 e. The van der Waals surface area contributed by atoms with Crippen LogP contribution in [0.15, 0.2) is 23.3 Å². The Hall–Kier alpha value is -2.24. The van der Waals surface area contributed by atoms with E-state index in [2.05, 4.69) is 5.10 Å². The van der Waals surface area contributed by atoms with Crippen LogP contribution >= 0.6 is 11.6 Å². The molecular formula is C16H16ClF7N4O. The van der Waals surface area contributed by atoms with Crippen molar-refractivity contribution in [3.63, 3.8) is 0 Å². The molecule has 0 radical (unpaired) electrons. The van der Waals surface area contributed by atoms with E-state index in [0.29, 0.717) is 11.3 Å².